The van der Waals surface area contributed by atoms with Gasteiger partial charge in [0.25, 0.3) is 0 Å². The summed E-state index contributed by atoms with van der Waals surface area (Å²) in [4.78, 5) is 39.8. The summed E-state index contributed by atoms with van der Waals surface area (Å²) in [5.41, 5.74) is 2.25. The summed E-state index contributed by atoms with van der Waals surface area (Å²) in [7, 11) is 0. The van der Waals surface area contributed by atoms with Crippen LogP contribution in [-0.2, 0) is 14.4 Å². The van der Waals surface area contributed by atoms with Gasteiger partial charge in [-0.1, -0.05) is 24.3 Å². The van der Waals surface area contributed by atoms with Crippen molar-refractivity contribution in [3.05, 3.63) is 65.5 Å². The lowest BCUT2D eigenvalue weighted by atomic mass is 9.56. The van der Waals surface area contributed by atoms with Crippen LogP contribution in [0.3, 0.4) is 0 Å². The van der Waals surface area contributed by atoms with Crippen LogP contribution < -0.4 is 4.90 Å². The predicted octanol–water partition coefficient (Wildman–Crippen LogP) is 2.79. The molecular formula is C20H14FNO3. The number of benzene rings is 2. The molecular weight excluding hydrogens is 321 g/mol. The molecule has 1 aliphatic heterocycles. The van der Waals surface area contributed by atoms with Crippen molar-refractivity contribution < 1.29 is 18.8 Å². The molecule has 0 N–H and O–H groups in total. The minimum absolute atomic E-state index is 0.0343. The van der Waals surface area contributed by atoms with Crippen LogP contribution in [0.5, 0.6) is 0 Å². The molecule has 4 aliphatic rings. The van der Waals surface area contributed by atoms with Gasteiger partial charge in [-0.2, -0.15) is 0 Å². The van der Waals surface area contributed by atoms with Crippen LogP contribution in [0.1, 0.15) is 29.4 Å². The van der Waals surface area contributed by atoms with Gasteiger partial charge >= 0.3 is 0 Å². The van der Waals surface area contributed by atoms with Crippen molar-refractivity contribution >= 4 is 23.3 Å². The van der Waals surface area contributed by atoms with Gasteiger partial charge in [-0.3, -0.25) is 19.3 Å². The molecule has 5 heteroatoms. The highest BCUT2D eigenvalue weighted by Crippen LogP contribution is 2.57. The molecule has 1 saturated carbocycles. The van der Waals surface area contributed by atoms with Crippen molar-refractivity contribution in [3.63, 3.8) is 0 Å². The number of carbonyl (C=O) groups excluding carboxylic acids is 3. The highest BCUT2D eigenvalue weighted by molar-refractivity contribution is 6.24. The minimum atomic E-state index is -0.640. The van der Waals surface area contributed by atoms with Crippen molar-refractivity contribution in [1.29, 1.82) is 0 Å². The van der Waals surface area contributed by atoms with E-state index in [0.29, 0.717) is 12.1 Å². The third-order valence-corrected chi connectivity index (χ3v) is 5.77. The molecule has 3 aliphatic carbocycles. The maximum Gasteiger partial charge on any atom is 0.238 e. The predicted molar refractivity (Wildman–Crippen MR) is 87.4 cm³/mol. The monoisotopic (exact) mass is 335 g/mol. The summed E-state index contributed by atoms with van der Waals surface area (Å²) < 4.78 is 13.2. The zero-order valence-electron chi connectivity index (χ0n) is 13.2. The van der Waals surface area contributed by atoms with Crippen molar-refractivity contribution in [1.82, 2.24) is 0 Å². The van der Waals surface area contributed by atoms with E-state index in [1.807, 2.05) is 24.3 Å². The van der Waals surface area contributed by atoms with Gasteiger partial charge in [0.1, 0.15) is 11.6 Å². The standard InChI is InChI=1S/C20H14FNO3/c21-10-5-7-11(8-6-10)22-19(24)17-14-9-15(23)16(18(17)20(22)25)13-4-2-1-3-12(13)14/h1-8,14,16-18H,9H2/t14-,16-,17-,18-/m1/s1. The van der Waals surface area contributed by atoms with E-state index >= 15 is 0 Å². The fourth-order valence-corrected chi connectivity index (χ4v) is 4.80. The fraction of sp³-hybridized carbons (Fsp3) is 0.250. The number of anilines is 1. The van der Waals surface area contributed by atoms with E-state index < -0.39 is 23.6 Å². The Morgan fingerprint density at radius 3 is 2.20 bits per heavy atom. The average molecular weight is 335 g/mol. The lowest BCUT2D eigenvalue weighted by Crippen LogP contribution is -2.44. The first-order valence-corrected chi connectivity index (χ1v) is 8.33. The zero-order chi connectivity index (χ0) is 17.3. The van der Waals surface area contributed by atoms with Crippen molar-refractivity contribution in [3.8, 4) is 0 Å². The van der Waals surface area contributed by atoms with E-state index in [2.05, 4.69) is 0 Å². The van der Waals surface area contributed by atoms with E-state index in [-0.39, 0.29) is 23.5 Å². The second-order valence-electron chi connectivity index (χ2n) is 6.92. The molecule has 0 unspecified atom stereocenters. The van der Waals surface area contributed by atoms with Gasteiger partial charge in [0, 0.05) is 12.3 Å². The van der Waals surface area contributed by atoms with Crippen molar-refractivity contribution in [2.75, 3.05) is 4.90 Å². The molecule has 4 atom stereocenters. The van der Waals surface area contributed by atoms with E-state index in [9.17, 15) is 18.8 Å². The van der Waals surface area contributed by atoms with Gasteiger partial charge < -0.3 is 0 Å². The molecule has 2 aromatic rings. The van der Waals surface area contributed by atoms with E-state index in [0.717, 1.165) is 16.0 Å². The molecule has 2 bridgehead atoms. The number of amides is 2. The van der Waals surface area contributed by atoms with E-state index in [4.69, 9.17) is 0 Å². The number of Topliss-reactive ketones (excluding diaryl/α,β-unsaturated/α-hetero) is 1. The Labute approximate surface area is 143 Å². The SMILES string of the molecule is O=C1C[C@@H]2c3ccccc3[C@H]1[C@H]1C(=O)N(c3ccc(F)cc3)C(=O)[C@@H]12. The second kappa shape index (κ2) is 4.85. The van der Waals surface area contributed by atoms with Crippen LogP contribution >= 0.6 is 0 Å². The number of nitrogens with zero attached hydrogens (tertiary/aromatic N) is 1. The molecule has 0 aromatic heterocycles. The van der Waals surface area contributed by atoms with Gasteiger partial charge in [-0.25, -0.2) is 4.39 Å². The summed E-state index contributed by atoms with van der Waals surface area (Å²) in [6.45, 7) is 0. The van der Waals surface area contributed by atoms with Crippen molar-refractivity contribution in [2.24, 2.45) is 11.8 Å². The van der Waals surface area contributed by atoms with Crippen LogP contribution in [0.2, 0.25) is 0 Å². The molecule has 4 nitrogen and oxygen atoms in total. The average Bonchev–Trinajstić information content (AvgIpc) is 2.88. The first kappa shape index (κ1) is 14.5. The minimum Gasteiger partial charge on any atom is -0.299 e. The molecule has 6 rings (SSSR count). The van der Waals surface area contributed by atoms with Gasteiger partial charge in [-0.15, -0.1) is 0 Å². The summed E-state index contributed by atoms with van der Waals surface area (Å²) in [6.07, 6.45) is 0.305. The Bertz CT molecular complexity index is 936. The number of ketones is 1. The van der Waals surface area contributed by atoms with Gasteiger partial charge in [0.15, 0.2) is 0 Å². The number of hydrogen-bond donors (Lipinski definition) is 0. The highest BCUT2D eigenvalue weighted by atomic mass is 19.1. The topological polar surface area (TPSA) is 54.5 Å². The first-order valence-electron chi connectivity index (χ1n) is 8.33. The smallest absolute Gasteiger partial charge is 0.238 e. The highest BCUT2D eigenvalue weighted by Gasteiger charge is 2.62. The Morgan fingerprint density at radius 2 is 1.48 bits per heavy atom. The summed E-state index contributed by atoms with van der Waals surface area (Å²) in [5.74, 6) is -2.96. The third-order valence-electron chi connectivity index (χ3n) is 5.77. The first-order chi connectivity index (χ1) is 12.1. The Balaban J connectivity index is 1.65. The third kappa shape index (κ3) is 1.78. The maximum absolute atomic E-state index is 13.2. The van der Waals surface area contributed by atoms with Gasteiger partial charge in [0.2, 0.25) is 11.8 Å². The number of rotatable bonds is 1. The number of fused-ring (bicyclic) bond motifs is 1. The molecule has 0 radical (unpaired) electrons. The zero-order valence-corrected chi connectivity index (χ0v) is 13.2. The fourth-order valence-electron chi connectivity index (χ4n) is 4.80. The Morgan fingerprint density at radius 1 is 0.840 bits per heavy atom. The summed E-state index contributed by atoms with van der Waals surface area (Å²) >= 11 is 0. The quantitative estimate of drug-likeness (QED) is 0.753. The molecule has 0 spiro atoms. The summed E-state index contributed by atoms with van der Waals surface area (Å²) in [5, 5.41) is 0. The molecule has 2 amide bonds. The molecule has 25 heavy (non-hydrogen) atoms. The van der Waals surface area contributed by atoms with Crippen LogP contribution in [0.4, 0.5) is 10.1 Å². The van der Waals surface area contributed by atoms with Crippen LogP contribution in [0.25, 0.3) is 0 Å². The number of hydrogen-bond acceptors (Lipinski definition) is 3. The lowest BCUT2D eigenvalue weighted by molar-refractivity contribution is -0.134. The van der Waals surface area contributed by atoms with E-state index in [1.54, 1.807) is 0 Å². The summed E-state index contributed by atoms with van der Waals surface area (Å²) in [6, 6.07) is 12.9. The molecule has 124 valence electrons. The molecule has 1 heterocycles. The normalized spacial score (nSPS) is 29.8. The van der Waals surface area contributed by atoms with E-state index in [1.165, 1.54) is 24.3 Å². The Kier molecular flexibility index (Phi) is 2.82. The van der Waals surface area contributed by atoms with Crippen molar-refractivity contribution in [2.45, 2.75) is 18.3 Å². The van der Waals surface area contributed by atoms with Crippen LogP contribution in [0.15, 0.2) is 48.5 Å². The van der Waals surface area contributed by atoms with Gasteiger partial charge in [0.05, 0.1) is 23.4 Å². The largest absolute Gasteiger partial charge is 0.299 e. The van der Waals surface area contributed by atoms with Gasteiger partial charge in [-0.05, 0) is 35.4 Å². The maximum atomic E-state index is 13.2. The number of carbonyl (C=O) groups is 3. The molecule has 2 fully saturated rings. The number of imide groups is 1. The van der Waals surface area contributed by atoms with Crippen LogP contribution in [0, 0.1) is 17.7 Å². The molecule has 2 aromatic carbocycles. The lowest BCUT2D eigenvalue weighted by Gasteiger charge is -2.43. The molecule has 1 saturated heterocycles. The Hall–Kier alpha value is -2.82. The van der Waals surface area contributed by atoms with Crippen LogP contribution in [-0.4, -0.2) is 17.6 Å². The number of halogens is 1. The second-order valence-corrected chi connectivity index (χ2v) is 6.92.